The van der Waals surface area contributed by atoms with Crippen LogP contribution in [0.2, 0.25) is 0 Å². The van der Waals surface area contributed by atoms with Gasteiger partial charge in [0.25, 0.3) is 5.91 Å². The third-order valence-corrected chi connectivity index (χ3v) is 6.38. The summed E-state index contributed by atoms with van der Waals surface area (Å²) in [5.74, 6) is -0.166. The molecule has 2 heterocycles. The van der Waals surface area contributed by atoms with Crippen molar-refractivity contribution < 1.29 is 9.90 Å². The molecule has 1 amide bonds. The molecule has 30 heavy (non-hydrogen) atoms. The number of rotatable bonds is 8. The first kappa shape index (κ1) is 20.3. The van der Waals surface area contributed by atoms with Gasteiger partial charge in [0, 0.05) is 41.1 Å². The third kappa shape index (κ3) is 4.94. The lowest BCUT2D eigenvalue weighted by Crippen LogP contribution is -2.10. The summed E-state index contributed by atoms with van der Waals surface area (Å²) in [6, 6.07) is 22.3. The van der Waals surface area contributed by atoms with Crippen molar-refractivity contribution in [2.75, 3.05) is 17.2 Å². The number of amides is 1. The number of carbonyl (C=O) groups is 1. The highest BCUT2D eigenvalue weighted by Crippen LogP contribution is 2.28. The molecule has 0 spiro atoms. The van der Waals surface area contributed by atoms with Gasteiger partial charge in [-0.3, -0.25) is 10.1 Å². The van der Waals surface area contributed by atoms with Gasteiger partial charge in [-0.15, -0.1) is 22.7 Å². The Kier molecular flexibility index (Phi) is 6.53. The molecule has 2 aromatic heterocycles. The highest BCUT2D eigenvalue weighted by molar-refractivity contribution is 7.15. The Morgan fingerprint density at radius 1 is 1.00 bits per heavy atom. The Bertz CT molecular complexity index is 1120. The smallest absolute Gasteiger partial charge is 0.267 e. The molecule has 0 fully saturated rings. The van der Waals surface area contributed by atoms with Crippen LogP contribution in [0.4, 0.5) is 10.8 Å². The van der Waals surface area contributed by atoms with Gasteiger partial charge in [0.1, 0.15) is 0 Å². The summed E-state index contributed by atoms with van der Waals surface area (Å²) in [4.78, 5) is 18.5. The van der Waals surface area contributed by atoms with Gasteiger partial charge in [0.05, 0.1) is 10.6 Å². The van der Waals surface area contributed by atoms with Crippen LogP contribution in [0.25, 0.3) is 11.1 Å². The van der Waals surface area contributed by atoms with Crippen molar-refractivity contribution in [1.29, 1.82) is 0 Å². The molecule has 0 atom stereocenters. The maximum atomic E-state index is 12.5. The number of aliphatic hydroxyl groups is 1. The average Bonchev–Trinajstić information content (AvgIpc) is 3.43. The molecule has 4 aromatic rings. The van der Waals surface area contributed by atoms with E-state index in [-0.39, 0.29) is 12.5 Å². The Morgan fingerprint density at radius 2 is 1.80 bits per heavy atom. The van der Waals surface area contributed by atoms with Gasteiger partial charge >= 0.3 is 0 Å². The summed E-state index contributed by atoms with van der Waals surface area (Å²) in [6.45, 7) is 0.686. The van der Waals surface area contributed by atoms with Gasteiger partial charge in [-0.05, 0) is 23.8 Å². The normalized spacial score (nSPS) is 10.7. The monoisotopic (exact) mass is 435 g/mol. The molecule has 3 N–H and O–H groups in total. The summed E-state index contributed by atoms with van der Waals surface area (Å²) in [5.41, 5.74) is 4.15. The lowest BCUT2D eigenvalue weighted by molar-refractivity contribution is 0.103. The number of anilines is 2. The van der Waals surface area contributed by atoms with Crippen molar-refractivity contribution in [3.8, 4) is 11.1 Å². The predicted molar refractivity (Wildman–Crippen MR) is 124 cm³/mol. The van der Waals surface area contributed by atoms with Crippen molar-refractivity contribution in [2.24, 2.45) is 0 Å². The summed E-state index contributed by atoms with van der Waals surface area (Å²) in [7, 11) is 0. The Balaban J connectivity index is 1.40. The van der Waals surface area contributed by atoms with Crippen LogP contribution in [0.3, 0.4) is 0 Å². The van der Waals surface area contributed by atoms with Gasteiger partial charge < -0.3 is 10.4 Å². The summed E-state index contributed by atoms with van der Waals surface area (Å²) in [6.07, 6.45) is 0.492. The average molecular weight is 436 g/mol. The number of hydrogen-bond acceptors (Lipinski definition) is 6. The second-order valence-corrected chi connectivity index (χ2v) is 8.63. The Hall–Kier alpha value is -3.00. The number of carbonyl (C=O) groups excluding carboxylic acids is 1. The molecule has 5 nitrogen and oxygen atoms in total. The van der Waals surface area contributed by atoms with Crippen molar-refractivity contribution >= 4 is 39.4 Å². The van der Waals surface area contributed by atoms with E-state index in [1.165, 1.54) is 22.7 Å². The first-order chi connectivity index (χ1) is 14.7. The number of nitrogens with one attached hydrogen (secondary N) is 2. The van der Waals surface area contributed by atoms with E-state index in [2.05, 4.69) is 39.9 Å². The minimum absolute atomic E-state index is 0.0474. The highest BCUT2D eigenvalue weighted by atomic mass is 32.1. The lowest BCUT2D eigenvalue weighted by Gasteiger charge is -2.11. The number of aromatic nitrogens is 1. The molecule has 0 saturated heterocycles. The van der Waals surface area contributed by atoms with Crippen LogP contribution in [0.5, 0.6) is 0 Å². The van der Waals surface area contributed by atoms with Gasteiger partial charge in [0.15, 0.2) is 5.13 Å². The van der Waals surface area contributed by atoms with Crippen LogP contribution in [-0.2, 0) is 13.0 Å². The zero-order valence-corrected chi connectivity index (χ0v) is 17.8. The van der Waals surface area contributed by atoms with E-state index in [0.29, 0.717) is 23.0 Å². The van der Waals surface area contributed by atoms with Gasteiger partial charge in [0.2, 0.25) is 0 Å². The summed E-state index contributed by atoms with van der Waals surface area (Å²) >= 11 is 2.82. The maximum Gasteiger partial charge on any atom is 0.267 e. The molecular weight excluding hydrogens is 414 g/mol. The van der Waals surface area contributed by atoms with Crippen LogP contribution < -0.4 is 10.6 Å². The third-order valence-electron chi connectivity index (χ3n) is 4.49. The van der Waals surface area contributed by atoms with Crippen LogP contribution in [0.1, 0.15) is 20.2 Å². The number of nitrogens with zero attached hydrogens (tertiary/aromatic N) is 1. The summed E-state index contributed by atoms with van der Waals surface area (Å²) < 4.78 is 0. The van der Waals surface area contributed by atoms with E-state index in [1.807, 2.05) is 47.8 Å². The fourth-order valence-electron chi connectivity index (χ4n) is 3.04. The molecule has 2 aromatic carbocycles. The van der Waals surface area contributed by atoms with Gasteiger partial charge in [-0.25, -0.2) is 4.98 Å². The van der Waals surface area contributed by atoms with E-state index in [9.17, 15) is 4.79 Å². The first-order valence-corrected chi connectivity index (χ1v) is 11.3. The molecule has 0 saturated carbocycles. The fourth-order valence-corrected chi connectivity index (χ4v) is 4.62. The lowest BCUT2D eigenvalue weighted by atomic mass is 10.0. The minimum Gasteiger partial charge on any atom is -0.396 e. The number of thiophene rings is 1. The molecule has 152 valence electrons. The number of hydrogen-bond donors (Lipinski definition) is 3. The van der Waals surface area contributed by atoms with Crippen molar-refractivity contribution in [1.82, 2.24) is 4.98 Å². The number of para-hydroxylation sites is 1. The quantitative estimate of drug-likeness (QED) is 0.352. The minimum atomic E-state index is -0.166. The predicted octanol–water partition coefficient (Wildman–Crippen LogP) is 5.27. The van der Waals surface area contributed by atoms with Crippen LogP contribution in [0.15, 0.2) is 72.1 Å². The summed E-state index contributed by atoms with van der Waals surface area (Å²) in [5, 5.41) is 17.7. The Labute approximate surface area is 183 Å². The standard InChI is InChI=1S/C23H21N3O2S2/c27-13-12-17-15-29-23(25-17)26-22(28)21-11-10-18(30-21)14-24-20-9-5-4-8-19(20)16-6-2-1-3-7-16/h1-11,15,24,27H,12-14H2,(H,25,26,28). The highest BCUT2D eigenvalue weighted by Gasteiger charge is 2.12. The van der Waals surface area contributed by atoms with E-state index in [4.69, 9.17) is 5.11 Å². The van der Waals surface area contributed by atoms with Crippen LogP contribution in [-0.4, -0.2) is 22.6 Å². The van der Waals surface area contributed by atoms with Gasteiger partial charge in [-0.2, -0.15) is 0 Å². The number of benzene rings is 2. The van der Waals surface area contributed by atoms with Crippen LogP contribution in [0, 0.1) is 0 Å². The van der Waals surface area contributed by atoms with Crippen molar-refractivity contribution in [3.63, 3.8) is 0 Å². The van der Waals surface area contributed by atoms with Crippen molar-refractivity contribution in [3.05, 3.63) is 87.6 Å². The molecule has 0 bridgehead atoms. The topological polar surface area (TPSA) is 74.2 Å². The molecule has 0 aliphatic rings. The fraction of sp³-hybridized carbons (Fsp3) is 0.130. The van der Waals surface area contributed by atoms with Gasteiger partial charge in [-0.1, -0.05) is 48.5 Å². The largest absolute Gasteiger partial charge is 0.396 e. The first-order valence-electron chi connectivity index (χ1n) is 9.56. The molecular formula is C23H21N3O2S2. The zero-order chi connectivity index (χ0) is 20.8. The zero-order valence-electron chi connectivity index (χ0n) is 16.2. The molecule has 7 heteroatoms. The number of aliphatic hydroxyl groups excluding tert-OH is 1. The maximum absolute atomic E-state index is 12.5. The molecule has 4 rings (SSSR count). The second-order valence-electron chi connectivity index (χ2n) is 6.60. The molecule has 0 radical (unpaired) electrons. The van der Waals surface area contributed by atoms with E-state index >= 15 is 0 Å². The van der Waals surface area contributed by atoms with E-state index in [1.54, 1.807) is 0 Å². The Morgan fingerprint density at radius 3 is 2.63 bits per heavy atom. The second kappa shape index (κ2) is 9.67. The molecule has 0 unspecified atom stereocenters. The van der Waals surface area contributed by atoms with Crippen molar-refractivity contribution in [2.45, 2.75) is 13.0 Å². The molecule has 0 aliphatic carbocycles. The van der Waals surface area contributed by atoms with Crippen LogP contribution >= 0.6 is 22.7 Å². The van der Waals surface area contributed by atoms with E-state index < -0.39 is 0 Å². The molecule has 0 aliphatic heterocycles. The number of thiazole rings is 1. The van der Waals surface area contributed by atoms with E-state index in [0.717, 1.165) is 27.4 Å². The SMILES string of the molecule is O=C(Nc1nc(CCO)cs1)c1ccc(CNc2ccccc2-c2ccccc2)s1.